The van der Waals surface area contributed by atoms with Gasteiger partial charge in [0.25, 0.3) is 0 Å². The van der Waals surface area contributed by atoms with Gasteiger partial charge in [0.1, 0.15) is 11.2 Å². The highest BCUT2D eigenvalue weighted by Gasteiger charge is 2.33. The van der Waals surface area contributed by atoms with Gasteiger partial charge in [-0.3, -0.25) is 4.98 Å². The van der Waals surface area contributed by atoms with Crippen LogP contribution >= 0.6 is 23.1 Å². The zero-order chi connectivity index (χ0) is 23.8. The van der Waals surface area contributed by atoms with Crippen molar-refractivity contribution < 1.29 is 4.42 Å². The Hall–Kier alpha value is -2.30. The van der Waals surface area contributed by atoms with E-state index in [0.717, 1.165) is 22.2 Å². The second kappa shape index (κ2) is 7.86. The van der Waals surface area contributed by atoms with E-state index in [1.54, 1.807) is 0 Å². The van der Waals surface area contributed by atoms with E-state index >= 15 is 0 Å². The molecule has 2 aromatic carbocycles. The third-order valence-corrected chi connectivity index (χ3v) is 9.73. The molecule has 2 nitrogen and oxygen atoms in total. The van der Waals surface area contributed by atoms with E-state index in [9.17, 15) is 0 Å². The molecule has 0 spiro atoms. The number of pyridine rings is 1. The monoisotopic (exact) mass is 485 g/mol. The molecule has 1 aliphatic rings. The molecule has 0 fully saturated rings. The number of aromatic nitrogens is 1. The van der Waals surface area contributed by atoms with Crippen LogP contribution in [0.3, 0.4) is 0 Å². The molecule has 0 bridgehead atoms. The molecule has 4 heterocycles. The zero-order valence-corrected chi connectivity index (χ0v) is 22.4. The van der Waals surface area contributed by atoms with Crippen LogP contribution in [0.2, 0.25) is 0 Å². The summed E-state index contributed by atoms with van der Waals surface area (Å²) in [6.45, 7) is 13.9. The van der Waals surface area contributed by atoms with Gasteiger partial charge in [0.15, 0.2) is 0 Å². The first-order valence-electron chi connectivity index (χ1n) is 12.2. The molecule has 6 rings (SSSR count). The largest absolute Gasteiger partial charge is 0.456 e. The molecular formula is C30H31NOS2. The fraction of sp³-hybridized carbons (Fsp3) is 0.367. The number of benzene rings is 2. The average molecular weight is 486 g/mol. The molecule has 5 aromatic rings. The van der Waals surface area contributed by atoms with Crippen molar-refractivity contribution in [2.45, 2.75) is 69.4 Å². The molecule has 0 saturated heterocycles. The summed E-state index contributed by atoms with van der Waals surface area (Å²) in [5, 5.41) is 6.52. The van der Waals surface area contributed by atoms with E-state index < -0.39 is 0 Å². The summed E-state index contributed by atoms with van der Waals surface area (Å²) in [5.41, 5.74) is 7.01. The van der Waals surface area contributed by atoms with Crippen molar-refractivity contribution in [1.29, 1.82) is 0 Å². The Kier molecular flexibility index (Phi) is 5.13. The van der Waals surface area contributed by atoms with Crippen LogP contribution in [0.4, 0.5) is 0 Å². The molecule has 0 saturated carbocycles. The van der Waals surface area contributed by atoms with Crippen LogP contribution in [-0.4, -0.2) is 10.2 Å². The van der Waals surface area contributed by atoms with Gasteiger partial charge in [0, 0.05) is 32.0 Å². The van der Waals surface area contributed by atoms with Gasteiger partial charge in [-0.05, 0) is 75.9 Å². The Morgan fingerprint density at radius 1 is 1.03 bits per heavy atom. The predicted octanol–water partition coefficient (Wildman–Crippen LogP) is 9.78. The minimum atomic E-state index is 0.0576. The third-order valence-electron chi connectivity index (χ3n) is 7.19. The number of thioether (sulfide) groups is 1. The maximum atomic E-state index is 6.41. The summed E-state index contributed by atoms with van der Waals surface area (Å²) in [5.74, 6) is 1.24. The molecule has 0 aliphatic carbocycles. The smallest absolute Gasteiger partial charge is 0.139 e. The van der Waals surface area contributed by atoms with E-state index in [4.69, 9.17) is 9.40 Å². The molecule has 2 atom stereocenters. The van der Waals surface area contributed by atoms with E-state index in [1.807, 2.05) is 23.6 Å². The fourth-order valence-corrected chi connectivity index (χ4v) is 8.39. The van der Waals surface area contributed by atoms with Gasteiger partial charge in [-0.2, -0.15) is 0 Å². The quantitative estimate of drug-likeness (QED) is 0.254. The highest BCUT2D eigenvalue weighted by Crippen LogP contribution is 2.53. The molecular weight excluding hydrogens is 454 g/mol. The zero-order valence-electron chi connectivity index (χ0n) is 20.7. The third kappa shape index (κ3) is 3.41. The first kappa shape index (κ1) is 22.2. The molecule has 174 valence electrons. The number of thiophene rings is 1. The minimum Gasteiger partial charge on any atom is -0.456 e. The first-order chi connectivity index (χ1) is 16.2. The van der Waals surface area contributed by atoms with Crippen molar-refractivity contribution in [3.05, 3.63) is 59.1 Å². The summed E-state index contributed by atoms with van der Waals surface area (Å²) in [6, 6.07) is 13.4. The number of hydrogen-bond donors (Lipinski definition) is 0. The first-order valence-corrected chi connectivity index (χ1v) is 14.0. The lowest BCUT2D eigenvalue weighted by molar-refractivity contribution is 0.535. The molecule has 34 heavy (non-hydrogen) atoms. The van der Waals surface area contributed by atoms with Gasteiger partial charge in [-0.15, -0.1) is 23.1 Å². The lowest BCUT2D eigenvalue weighted by Crippen LogP contribution is -2.11. The van der Waals surface area contributed by atoms with Gasteiger partial charge in [0.05, 0.1) is 11.1 Å². The number of nitrogens with zero attached hydrogens (tertiary/aromatic N) is 1. The van der Waals surface area contributed by atoms with Crippen LogP contribution in [0.1, 0.15) is 65.0 Å². The Morgan fingerprint density at radius 2 is 1.82 bits per heavy atom. The average Bonchev–Trinajstić information content (AvgIpc) is 3.47. The van der Waals surface area contributed by atoms with Crippen LogP contribution in [0.5, 0.6) is 0 Å². The molecule has 0 N–H and O–H groups in total. The Labute approximate surface area is 209 Å². The molecule has 1 aliphatic heterocycles. The maximum Gasteiger partial charge on any atom is 0.139 e. The number of fused-ring (bicyclic) bond motifs is 6. The predicted molar refractivity (Wildman–Crippen MR) is 149 cm³/mol. The number of hydrogen-bond acceptors (Lipinski definition) is 4. The summed E-state index contributed by atoms with van der Waals surface area (Å²) in [4.78, 5) is 6.36. The van der Waals surface area contributed by atoms with E-state index in [2.05, 4.69) is 89.0 Å². The lowest BCUT2D eigenvalue weighted by Gasteiger charge is -2.21. The van der Waals surface area contributed by atoms with Crippen LogP contribution < -0.4 is 0 Å². The van der Waals surface area contributed by atoms with Gasteiger partial charge in [-0.1, -0.05) is 47.6 Å². The van der Waals surface area contributed by atoms with Gasteiger partial charge >= 0.3 is 0 Å². The van der Waals surface area contributed by atoms with Crippen LogP contribution in [-0.2, 0) is 5.41 Å². The van der Waals surface area contributed by atoms with Crippen LogP contribution in [0, 0.1) is 5.92 Å². The molecule has 4 heteroatoms. The maximum absolute atomic E-state index is 6.41. The standard InChI is InChI=1S/C30H31NOS2/c1-16(2)13-24-17(3)20-7-8-22-26(29(20)34-24)25-23(32-22)9-11-31-27(25)19-14-18-10-12-33-28(18)21(15-19)30(4,5)6/h7-12,14-17,24H,13H2,1-6H3. The van der Waals surface area contributed by atoms with Crippen molar-refractivity contribution in [2.75, 3.05) is 0 Å². The molecule has 2 unspecified atom stereocenters. The van der Waals surface area contributed by atoms with Crippen molar-refractivity contribution in [2.24, 2.45) is 5.92 Å². The number of rotatable bonds is 3. The lowest BCUT2D eigenvalue weighted by atomic mass is 9.84. The fourth-order valence-electron chi connectivity index (χ4n) is 5.44. The highest BCUT2D eigenvalue weighted by molar-refractivity contribution is 8.00. The summed E-state index contributed by atoms with van der Waals surface area (Å²) in [7, 11) is 0. The summed E-state index contributed by atoms with van der Waals surface area (Å²) >= 11 is 3.88. The second-order valence-electron chi connectivity index (χ2n) is 11.2. The van der Waals surface area contributed by atoms with E-state index in [0.29, 0.717) is 17.1 Å². The van der Waals surface area contributed by atoms with Crippen LogP contribution in [0.15, 0.2) is 57.3 Å². The summed E-state index contributed by atoms with van der Waals surface area (Å²) in [6.07, 6.45) is 3.12. The Balaban J connectivity index is 1.63. The second-order valence-corrected chi connectivity index (χ2v) is 13.3. The number of furan rings is 1. The van der Waals surface area contributed by atoms with Gasteiger partial charge < -0.3 is 4.42 Å². The molecule has 3 aromatic heterocycles. The highest BCUT2D eigenvalue weighted by atomic mass is 32.2. The van der Waals surface area contributed by atoms with Gasteiger partial charge in [0.2, 0.25) is 0 Å². The Morgan fingerprint density at radius 3 is 2.59 bits per heavy atom. The van der Waals surface area contributed by atoms with E-state index in [-0.39, 0.29) is 5.41 Å². The van der Waals surface area contributed by atoms with E-state index in [1.165, 1.54) is 43.5 Å². The summed E-state index contributed by atoms with van der Waals surface area (Å²) < 4.78 is 7.79. The van der Waals surface area contributed by atoms with Crippen molar-refractivity contribution >= 4 is 55.1 Å². The van der Waals surface area contributed by atoms with Crippen molar-refractivity contribution in [1.82, 2.24) is 4.98 Å². The molecule has 0 radical (unpaired) electrons. The van der Waals surface area contributed by atoms with Crippen molar-refractivity contribution in [3.63, 3.8) is 0 Å². The normalized spacial score (nSPS) is 18.6. The molecule has 0 amide bonds. The topological polar surface area (TPSA) is 26.0 Å². The SMILES string of the molecule is CC(C)CC1Sc2c(ccc3oc4ccnc(-c5cc(C(C)(C)C)c6sccc6c5)c4c23)C1C. The minimum absolute atomic E-state index is 0.0576. The van der Waals surface area contributed by atoms with Crippen LogP contribution in [0.25, 0.3) is 43.3 Å². The Bertz CT molecular complexity index is 1550. The van der Waals surface area contributed by atoms with Crippen molar-refractivity contribution in [3.8, 4) is 11.3 Å². The van der Waals surface area contributed by atoms with Gasteiger partial charge in [-0.25, -0.2) is 0 Å².